The van der Waals surface area contributed by atoms with Gasteiger partial charge in [-0.15, -0.1) is 0 Å². The summed E-state index contributed by atoms with van der Waals surface area (Å²) >= 11 is 9.41. The van der Waals surface area contributed by atoms with E-state index in [4.69, 9.17) is 11.6 Å². The predicted molar refractivity (Wildman–Crippen MR) is 85.8 cm³/mol. The van der Waals surface area contributed by atoms with Gasteiger partial charge in [-0.25, -0.2) is 0 Å². The summed E-state index contributed by atoms with van der Waals surface area (Å²) in [5.41, 5.74) is 2.00. The number of rotatable bonds is 5. The lowest BCUT2D eigenvalue weighted by atomic mass is 10.2. The van der Waals surface area contributed by atoms with Gasteiger partial charge in [0, 0.05) is 16.7 Å². The number of halogens is 2. The van der Waals surface area contributed by atoms with Gasteiger partial charge in [-0.1, -0.05) is 28.9 Å². The van der Waals surface area contributed by atoms with Gasteiger partial charge in [-0.2, -0.15) is 15.0 Å². The highest BCUT2D eigenvalue weighted by atomic mass is 79.9. The molecule has 0 bridgehead atoms. The van der Waals surface area contributed by atoms with E-state index in [9.17, 15) is 0 Å². The normalized spacial score (nSPS) is 10.4. The number of benzene rings is 1. The van der Waals surface area contributed by atoms with Crippen LogP contribution in [-0.2, 0) is 0 Å². The fourth-order valence-corrected chi connectivity index (χ4v) is 2.11. The third kappa shape index (κ3) is 3.80. The van der Waals surface area contributed by atoms with Gasteiger partial charge in [0.05, 0.1) is 0 Å². The Balaban J connectivity index is 2.24. The minimum atomic E-state index is 0.161. The van der Waals surface area contributed by atoms with Crippen LogP contribution in [0.5, 0.6) is 0 Å². The van der Waals surface area contributed by atoms with E-state index in [0.29, 0.717) is 11.9 Å². The average Bonchev–Trinajstić information content (AvgIpc) is 2.41. The smallest absolute Gasteiger partial charge is 0.233 e. The van der Waals surface area contributed by atoms with Crippen molar-refractivity contribution in [2.45, 2.75) is 20.3 Å². The topological polar surface area (TPSA) is 62.7 Å². The van der Waals surface area contributed by atoms with E-state index in [0.717, 1.165) is 28.7 Å². The molecule has 7 heteroatoms. The Bertz CT molecular complexity index is 605. The van der Waals surface area contributed by atoms with Gasteiger partial charge < -0.3 is 10.6 Å². The number of hydrogen-bond donors (Lipinski definition) is 2. The van der Waals surface area contributed by atoms with Crippen LogP contribution in [0, 0.1) is 6.92 Å². The molecule has 0 saturated heterocycles. The first-order valence-electron chi connectivity index (χ1n) is 6.27. The first-order chi connectivity index (χ1) is 9.60. The summed E-state index contributed by atoms with van der Waals surface area (Å²) in [5, 5.41) is 6.41. The second-order valence-corrected chi connectivity index (χ2v) is 5.41. The molecule has 2 rings (SSSR count). The van der Waals surface area contributed by atoms with Crippen molar-refractivity contribution in [1.82, 2.24) is 15.0 Å². The molecule has 1 aromatic heterocycles. The zero-order valence-electron chi connectivity index (χ0n) is 11.2. The molecule has 0 saturated carbocycles. The quantitative estimate of drug-likeness (QED) is 0.842. The van der Waals surface area contributed by atoms with Gasteiger partial charge in [-0.3, -0.25) is 0 Å². The van der Waals surface area contributed by atoms with Crippen molar-refractivity contribution in [1.29, 1.82) is 0 Å². The molecule has 0 aliphatic carbocycles. The fraction of sp³-hybridized carbons (Fsp3) is 0.308. The van der Waals surface area contributed by atoms with Crippen LogP contribution < -0.4 is 10.6 Å². The zero-order valence-corrected chi connectivity index (χ0v) is 13.6. The molecule has 2 aromatic rings. The van der Waals surface area contributed by atoms with Crippen LogP contribution in [0.2, 0.25) is 5.28 Å². The second kappa shape index (κ2) is 6.85. The van der Waals surface area contributed by atoms with E-state index in [-0.39, 0.29) is 5.28 Å². The zero-order chi connectivity index (χ0) is 14.5. The molecule has 2 N–H and O–H groups in total. The fourth-order valence-electron chi connectivity index (χ4n) is 1.59. The monoisotopic (exact) mass is 355 g/mol. The van der Waals surface area contributed by atoms with Crippen molar-refractivity contribution in [3.05, 3.63) is 33.5 Å². The number of nitrogens with one attached hydrogen (secondary N) is 2. The molecular weight excluding hydrogens is 342 g/mol. The predicted octanol–water partition coefficient (Wildman–Crippen LogP) is 4.16. The van der Waals surface area contributed by atoms with E-state index in [1.807, 2.05) is 25.1 Å². The van der Waals surface area contributed by atoms with Crippen LogP contribution in [-0.4, -0.2) is 21.5 Å². The van der Waals surface area contributed by atoms with Crippen molar-refractivity contribution >= 4 is 45.1 Å². The van der Waals surface area contributed by atoms with E-state index >= 15 is 0 Å². The first kappa shape index (κ1) is 15.0. The summed E-state index contributed by atoms with van der Waals surface area (Å²) in [6.07, 6.45) is 0.983. The Morgan fingerprint density at radius 1 is 1.20 bits per heavy atom. The van der Waals surface area contributed by atoms with E-state index < -0.39 is 0 Å². The van der Waals surface area contributed by atoms with Crippen LogP contribution in [0.1, 0.15) is 18.9 Å². The Morgan fingerprint density at radius 2 is 1.95 bits per heavy atom. The van der Waals surface area contributed by atoms with Gasteiger partial charge in [0.15, 0.2) is 0 Å². The lowest BCUT2D eigenvalue weighted by Gasteiger charge is -2.10. The molecule has 0 spiro atoms. The van der Waals surface area contributed by atoms with Crippen LogP contribution >= 0.6 is 27.5 Å². The highest BCUT2D eigenvalue weighted by Crippen LogP contribution is 2.25. The van der Waals surface area contributed by atoms with Gasteiger partial charge in [0.2, 0.25) is 17.2 Å². The number of nitrogens with zero attached hydrogens (tertiary/aromatic N) is 3. The summed E-state index contributed by atoms with van der Waals surface area (Å²) in [4.78, 5) is 12.4. The van der Waals surface area contributed by atoms with Gasteiger partial charge in [-0.05, 0) is 42.6 Å². The molecule has 0 fully saturated rings. The summed E-state index contributed by atoms with van der Waals surface area (Å²) in [7, 11) is 0. The van der Waals surface area contributed by atoms with Crippen LogP contribution in [0.25, 0.3) is 0 Å². The average molecular weight is 357 g/mol. The molecular formula is C13H15BrClN5. The van der Waals surface area contributed by atoms with Gasteiger partial charge in [0.25, 0.3) is 0 Å². The molecule has 0 aliphatic heterocycles. The molecule has 1 heterocycles. The molecule has 106 valence electrons. The Hall–Kier alpha value is -1.40. The summed E-state index contributed by atoms with van der Waals surface area (Å²) in [6, 6.07) is 5.88. The van der Waals surface area contributed by atoms with E-state index in [1.54, 1.807) is 0 Å². The Morgan fingerprint density at radius 3 is 2.70 bits per heavy atom. The molecule has 0 unspecified atom stereocenters. The van der Waals surface area contributed by atoms with E-state index in [1.165, 1.54) is 0 Å². The van der Waals surface area contributed by atoms with Crippen LogP contribution in [0.15, 0.2) is 22.7 Å². The minimum absolute atomic E-state index is 0.161. The molecule has 5 nitrogen and oxygen atoms in total. The first-order valence-corrected chi connectivity index (χ1v) is 7.45. The summed E-state index contributed by atoms with van der Waals surface area (Å²) < 4.78 is 1.02. The summed E-state index contributed by atoms with van der Waals surface area (Å²) in [5.74, 6) is 0.895. The number of hydrogen-bond acceptors (Lipinski definition) is 5. The molecule has 0 aliphatic rings. The lowest BCUT2D eigenvalue weighted by molar-refractivity contribution is 0.940. The third-order valence-corrected chi connectivity index (χ3v) is 3.68. The highest BCUT2D eigenvalue weighted by molar-refractivity contribution is 9.10. The van der Waals surface area contributed by atoms with E-state index in [2.05, 4.69) is 48.4 Å². The molecule has 0 radical (unpaired) electrons. The standard InChI is InChI=1S/C13H15BrClN5/c1-3-7-16-12-18-11(15)19-13(20-12)17-10-6-4-5-9(14)8(10)2/h4-6H,3,7H2,1-2H3,(H2,16,17,18,19,20). The van der Waals surface area contributed by atoms with Crippen molar-refractivity contribution in [2.75, 3.05) is 17.2 Å². The van der Waals surface area contributed by atoms with Crippen LogP contribution in [0.4, 0.5) is 17.6 Å². The maximum Gasteiger partial charge on any atom is 0.233 e. The molecule has 1 aromatic carbocycles. The van der Waals surface area contributed by atoms with Gasteiger partial charge in [0.1, 0.15) is 0 Å². The lowest BCUT2D eigenvalue weighted by Crippen LogP contribution is -2.08. The van der Waals surface area contributed by atoms with Crippen LogP contribution in [0.3, 0.4) is 0 Å². The van der Waals surface area contributed by atoms with Crippen molar-refractivity contribution < 1.29 is 0 Å². The summed E-state index contributed by atoms with van der Waals surface area (Å²) in [6.45, 7) is 4.86. The van der Waals surface area contributed by atoms with Crippen molar-refractivity contribution in [3.8, 4) is 0 Å². The Labute approximate surface area is 131 Å². The second-order valence-electron chi connectivity index (χ2n) is 4.22. The minimum Gasteiger partial charge on any atom is -0.354 e. The molecule has 20 heavy (non-hydrogen) atoms. The van der Waals surface area contributed by atoms with Crippen molar-refractivity contribution in [2.24, 2.45) is 0 Å². The Kier molecular flexibility index (Phi) is 5.14. The molecule has 0 atom stereocenters. The molecule has 0 amide bonds. The van der Waals surface area contributed by atoms with Crippen molar-refractivity contribution in [3.63, 3.8) is 0 Å². The van der Waals surface area contributed by atoms with Gasteiger partial charge >= 0.3 is 0 Å². The third-order valence-electron chi connectivity index (χ3n) is 2.66. The largest absolute Gasteiger partial charge is 0.354 e. The maximum absolute atomic E-state index is 5.91. The SMILES string of the molecule is CCCNc1nc(Cl)nc(Nc2cccc(Br)c2C)n1. The maximum atomic E-state index is 5.91. The highest BCUT2D eigenvalue weighted by Gasteiger charge is 2.07. The number of aromatic nitrogens is 3. The number of anilines is 3.